The van der Waals surface area contributed by atoms with Gasteiger partial charge in [-0.1, -0.05) is 6.07 Å². The Bertz CT molecular complexity index is 397. The molecule has 0 spiro atoms. The summed E-state index contributed by atoms with van der Waals surface area (Å²) < 4.78 is 0. The molecule has 0 bridgehead atoms. The van der Waals surface area contributed by atoms with Gasteiger partial charge in [-0.15, -0.1) is 0 Å². The number of aromatic nitrogens is 1. The lowest BCUT2D eigenvalue weighted by molar-refractivity contribution is 0.157. The zero-order valence-electron chi connectivity index (χ0n) is 13.1. The molecule has 1 N–H and O–H groups in total. The number of rotatable bonds is 6. The van der Waals surface area contributed by atoms with E-state index in [0.29, 0.717) is 0 Å². The van der Waals surface area contributed by atoms with E-state index in [9.17, 15) is 0 Å². The molecule has 1 aliphatic rings. The molecule has 0 aliphatic carbocycles. The van der Waals surface area contributed by atoms with Crippen LogP contribution in [0.4, 0.5) is 5.82 Å². The summed E-state index contributed by atoms with van der Waals surface area (Å²) in [5.41, 5.74) is 1.32. The van der Waals surface area contributed by atoms with Crippen molar-refractivity contribution in [2.45, 2.75) is 26.3 Å². The van der Waals surface area contributed by atoms with Gasteiger partial charge in [-0.25, -0.2) is 4.98 Å². The second-order valence-corrected chi connectivity index (χ2v) is 6.02. The summed E-state index contributed by atoms with van der Waals surface area (Å²) in [5.74, 6) is 1.91. The highest BCUT2D eigenvalue weighted by molar-refractivity contribution is 5.43. The minimum absolute atomic E-state index is 0.864. The van der Waals surface area contributed by atoms with Gasteiger partial charge in [0.15, 0.2) is 0 Å². The summed E-state index contributed by atoms with van der Waals surface area (Å²) in [5, 5.41) is 3.36. The van der Waals surface area contributed by atoms with E-state index in [0.717, 1.165) is 24.8 Å². The van der Waals surface area contributed by atoms with Gasteiger partial charge in [0.25, 0.3) is 0 Å². The van der Waals surface area contributed by atoms with Crippen molar-refractivity contribution in [2.75, 3.05) is 45.6 Å². The molecular formula is C16H28N4. The molecule has 0 aromatic carbocycles. The van der Waals surface area contributed by atoms with Crippen LogP contribution < -0.4 is 5.32 Å². The first-order chi connectivity index (χ1) is 9.69. The van der Waals surface area contributed by atoms with E-state index in [2.05, 4.69) is 47.2 Å². The standard InChI is InChI=1S/C16H28N4/c1-4-17-16-15(6-5-9-18-16)13-20-10-7-14(8-11-20)12-19(2)3/h5-6,9,14H,4,7-8,10-13H2,1-3H3,(H,17,18). The lowest BCUT2D eigenvalue weighted by atomic mass is 9.96. The molecule has 20 heavy (non-hydrogen) atoms. The first-order valence-electron chi connectivity index (χ1n) is 7.74. The Labute approximate surface area is 123 Å². The van der Waals surface area contributed by atoms with Crippen molar-refractivity contribution in [3.05, 3.63) is 23.9 Å². The molecule has 1 aromatic rings. The van der Waals surface area contributed by atoms with Gasteiger partial charge in [0.2, 0.25) is 0 Å². The maximum atomic E-state index is 4.44. The molecule has 4 nitrogen and oxygen atoms in total. The molecule has 4 heteroatoms. The van der Waals surface area contributed by atoms with Gasteiger partial charge >= 0.3 is 0 Å². The fourth-order valence-electron chi connectivity index (χ4n) is 2.98. The van der Waals surface area contributed by atoms with E-state index in [-0.39, 0.29) is 0 Å². The van der Waals surface area contributed by atoms with E-state index in [4.69, 9.17) is 0 Å². The van der Waals surface area contributed by atoms with Crippen LogP contribution in [0.25, 0.3) is 0 Å². The minimum Gasteiger partial charge on any atom is -0.370 e. The van der Waals surface area contributed by atoms with Crippen LogP contribution in [0.2, 0.25) is 0 Å². The molecule has 0 atom stereocenters. The number of hydrogen-bond acceptors (Lipinski definition) is 4. The summed E-state index contributed by atoms with van der Waals surface area (Å²) in [6.07, 6.45) is 4.49. The van der Waals surface area contributed by atoms with Crippen LogP contribution in [-0.4, -0.2) is 55.1 Å². The monoisotopic (exact) mass is 276 g/mol. The van der Waals surface area contributed by atoms with E-state index >= 15 is 0 Å². The normalized spacial score (nSPS) is 17.6. The Morgan fingerprint density at radius 2 is 2.10 bits per heavy atom. The number of nitrogens with zero attached hydrogens (tertiary/aromatic N) is 3. The van der Waals surface area contributed by atoms with Crippen LogP contribution in [0.1, 0.15) is 25.3 Å². The van der Waals surface area contributed by atoms with Crippen molar-refractivity contribution in [3.8, 4) is 0 Å². The maximum Gasteiger partial charge on any atom is 0.130 e. The molecule has 112 valence electrons. The number of hydrogen-bond donors (Lipinski definition) is 1. The van der Waals surface area contributed by atoms with Gasteiger partial charge in [0, 0.05) is 31.4 Å². The minimum atomic E-state index is 0.864. The largest absolute Gasteiger partial charge is 0.370 e. The van der Waals surface area contributed by atoms with Crippen molar-refractivity contribution >= 4 is 5.82 Å². The first kappa shape index (κ1) is 15.3. The zero-order chi connectivity index (χ0) is 14.4. The van der Waals surface area contributed by atoms with Crippen LogP contribution in [-0.2, 0) is 6.54 Å². The summed E-state index contributed by atoms with van der Waals surface area (Å²) in [6, 6.07) is 4.23. The number of nitrogens with one attached hydrogen (secondary N) is 1. The van der Waals surface area contributed by atoms with Gasteiger partial charge < -0.3 is 10.2 Å². The van der Waals surface area contributed by atoms with Gasteiger partial charge in [-0.05, 0) is 58.9 Å². The molecule has 2 rings (SSSR count). The quantitative estimate of drug-likeness (QED) is 0.864. The Morgan fingerprint density at radius 1 is 1.35 bits per heavy atom. The van der Waals surface area contributed by atoms with E-state index in [1.807, 2.05) is 12.3 Å². The first-order valence-corrected chi connectivity index (χ1v) is 7.74. The number of piperidine rings is 1. The van der Waals surface area contributed by atoms with Gasteiger partial charge in [-0.2, -0.15) is 0 Å². The lowest BCUT2D eigenvalue weighted by Gasteiger charge is -2.33. The third-order valence-corrected chi connectivity index (χ3v) is 3.96. The highest BCUT2D eigenvalue weighted by Crippen LogP contribution is 2.21. The van der Waals surface area contributed by atoms with Crippen LogP contribution in [0.15, 0.2) is 18.3 Å². The van der Waals surface area contributed by atoms with Crippen molar-refractivity contribution in [1.82, 2.24) is 14.8 Å². The van der Waals surface area contributed by atoms with Crippen LogP contribution in [0.5, 0.6) is 0 Å². The summed E-state index contributed by atoms with van der Waals surface area (Å²) in [4.78, 5) is 9.31. The summed E-state index contributed by atoms with van der Waals surface area (Å²) in [7, 11) is 4.34. The Hall–Kier alpha value is -1.13. The third-order valence-electron chi connectivity index (χ3n) is 3.96. The number of anilines is 1. The lowest BCUT2D eigenvalue weighted by Crippen LogP contribution is -2.36. The van der Waals surface area contributed by atoms with Crippen LogP contribution in [0.3, 0.4) is 0 Å². The van der Waals surface area contributed by atoms with Crippen LogP contribution >= 0.6 is 0 Å². The molecule has 0 radical (unpaired) electrons. The van der Waals surface area contributed by atoms with Gasteiger partial charge in [-0.3, -0.25) is 4.90 Å². The van der Waals surface area contributed by atoms with E-state index < -0.39 is 0 Å². The van der Waals surface area contributed by atoms with E-state index in [1.165, 1.54) is 38.0 Å². The Morgan fingerprint density at radius 3 is 2.75 bits per heavy atom. The SMILES string of the molecule is CCNc1ncccc1CN1CCC(CN(C)C)CC1. The Balaban J connectivity index is 1.86. The second kappa shape index (κ2) is 7.60. The number of pyridine rings is 1. The molecule has 0 unspecified atom stereocenters. The highest BCUT2D eigenvalue weighted by Gasteiger charge is 2.20. The van der Waals surface area contributed by atoms with E-state index in [1.54, 1.807) is 0 Å². The Kier molecular flexibility index (Phi) is 5.80. The summed E-state index contributed by atoms with van der Waals surface area (Å²) >= 11 is 0. The predicted molar refractivity (Wildman–Crippen MR) is 85.0 cm³/mol. The van der Waals surface area contributed by atoms with Crippen molar-refractivity contribution < 1.29 is 0 Å². The molecule has 1 aliphatic heterocycles. The van der Waals surface area contributed by atoms with Crippen LogP contribution in [0, 0.1) is 5.92 Å². The average molecular weight is 276 g/mol. The maximum absolute atomic E-state index is 4.44. The topological polar surface area (TPSA) is 31.4 Å². The molecule has 0 amide bonds. The molecule has 1 aromatic heterocycles. The van der Waals surface area contributed by atoms with Gasteiger partial charge in [0.1, 0.15) is 5.82 Å². The molecule has 2 heterocycles. The molecule has 0 saturated carbocycles. The molecular weight excluding hydrogens is 248 g/mol. The number of likely N-dealkylation sites (tertiary alicyclic amines) is 1. The molecule has 1 fully saturated rings. The predicted octanol–water partition coefficient (Wildman–Crippen LogP) is 2.29. The third kappa shape index (κ3) is 4.46. The fourth-order valence-corrected chi connectivity index (χ4v) is 2.98. The smallest absolute Gasteiger partial charge is 0.130 e. The van der Waals surface area contributed by atoms with Crippen molar-refractivity contribution in [1.29, 1.82) is 0 Å². The second-order valence-electron chi connectivity index (χ2n) is 6.02. The van der Waals surface area contributed by atoms with Gasteiger partial charge in [0.05, 0.1) is 0 Å². The zero-order valence-corrected chi connectivity index (χ0v) is 13.1. The fraction of sp³-hybridized carbons (Fsp3) is 0.688. The summed E-state index contributed by atoms with van der Waals surface area (Å²) in [6.45, 7) is 7.70. The average Bonchev–Trinajstić information content (AvgIpc) is 2.43. The molecule has 1 saturated heterocycles. The van der Waals surface area contributed by atoms with Crippen molar-refractivity contribution in [2.24, 2.45) is 5.92 Å². The highest BCUT2D eigenvalue weighted by atomic mass is 15.1. The van der Waals surface area contributed by atoms with Crippen molar-refractivity contribution in [3.63, 3.8) is 0 Å².